The van der Waals surface area contributed by atoms with Gasteiger partial charge in [-0.05, 0) is 54.3 Å². The highest BCUT2D eigenvalue weighted by molar-refractivity contribution is 6.33. The van der Waals surface area contributed by atoms with E-state index in [0.29, 0.717) is 23.0 Å². The molecule has 0 radical (unpaired) electrons. The van der Waals surface area contributed by atoms with Crippen LogP contribution in [0.15, 0.2) is 65.4 Å². The Morgan fingerprint density at radius 3 is 2.65 bits per heavy atom. The summed E-state index contributed by atoms with van der Waals surface area (Å²) in [5, 5.41) is 10.6. The lowest BCUT2D eigenvalue weighted by Gasteiger charge is -2.16. The Morgan fingerprint density at radius 2 is 1.96 bits per heavy atom. The SMILES string of the molecule is Cc1ccccc1-c1ccc(OC2=CCC(Cl)C=C2Cl)c(O)c1. The number of hydrogen-bond acceptors (Lipinski definition) is 2. The van der Waals surface area contributed by atoms with Crippen LogP contribution >= 0.6 is 23.2 Å². The summed E-state index contributed by atoms with van der Waals surface area (Å²) in [6.07, 6.45) is 4.21. The van der Waals surface area contributed by atoms with Gasteiger partial charge in [-0.1, -0.05) is 41.9 Å². The number of phenolic OH excluding ortho intramolecular Hbond substituents is 1. The summed E-state index contributed by atoms with van der Waals surface area (Å²) in [6.45, 7) is 2.04. The second-order valence-electron chi connectivity index (χ2n) is 5.43. The second-order valence-corrected chi connectivity index (χ2v) is 6.40. The number of aromatic hydroxyl groups is 1. The predicted octanol–water partition coefficient (Wildman–Crippen LogP) is 5.76. The molecule has 0 amide bonds. The fraction of sp³-hybridized carbons (Fsp3) is 0.158. The summed E-state index contributed by atoms with van der Waals surface area (Å²) >= 11 is 12.1. The first-order valence-electron chi connectivity index (χ1n) is 7.33. The van der Waals surface area contributed by atoms with E-state index < -0.39 is 0 Å². The number of ether oxygens (including phenoxy) is 1. The molecule has 3 rings (SSSR count). The highest BCUT2D eigenvalue weighted by Gasteiger charge is 2.16. The molecule has 2 nitrogen and oxygen atoms in total. The standard InChI is InChI=1S/C19H16Cl2O2/c1-12-4-2-3-5-15(12)13-6-8-19(17(22)10-13)23-18-9-7-14(20)11-16(18)21/h2-6,8-11,14,22H,7H2,1H3. The van der Waals surface area contributed by atoms with Gasteiger partial charge in [0, 0.05) is 0 Å². The molecule has 0 saturated heterocycles. The van der Waals surface area contributed by atoms with Crippen molar-refractivity contribution in [3.05, 3.63) is 71.0 Å². The topological polar surface area (TPSA) is 29.5 Å². The molecule has 23 heavy (non-hydrogen) atoms. The third-order valence-corrected chi connectivity index (χ3v) is 4.34. The van der Waals surface area contributed by atoms with Crippen LogP contribution in [0.25, 0.3) is 11.1 Å². The molecule has 0 aliphatic heterocycles. The minimum absolute atomic E-state index is 0.0733. The summed E-state index contributed by atoms with van der Waals surface area (Å²) in [7, 11) is 0. The Kier molecular flexibility index (Phi) is 4.65. The Bertz CT molecular complexity index is 794. The van der Waals surface area contributed by atoms with E-state index in [1.165, 1.54) is 0 Å². The average Bonchev–Trinajstić information content (AvgIpc) is 2.52. The number of hydrogen-bond donors (Lipinski definition) is 1. The molecular weight excluding hydrogens is 331 g/mol. The van der Waals surface area contributed by atoms with Gasteiger partial charge in [0.25, 0.3) is 0 Å². The maximum atomic E-state index is 10.3. The van der Waals surface area contributed by atoms with E-state index in [2.05, 4.69) is 0 Å². The van der Waals surface area contributed by atoms with Gasteiger partial charge in [-0.25, -0.2) is 0 Å². The third-order valence-electron chi connectivity index (χ3n) is 3.73. The van der Waals surface area contributed by atoms with Gasteiger partial charge in [0.15, 0.2) is 11.5 Å². The van der Waals surface area contributed by atoms with Crippen LogP contribution in [0.1, 0.15) is 12.0 Å². The molecule has 2 aromatic carbocycles. The normalized spacial score (nSPS) is 17.4. The molecule has 0 spiro atoms. The van der Waals surface area contributed by atoms with Crippen molar-refractivity contribution in [3.8, 4) is 22.6 Å². The summed E-state index contributed by atoms with van der Waals surface area (Å²) in [5.41, 5.74) is 3.16. The number of halogens is 2. The van der Waals surface area contributed by atoms with E-state index in [1.807, 2.05) is 43.3 Å². The Balaban J connectivity index is 1.86. The third kappa shape index (κ3) is 3.54. The molecular formula is C19H16Cl2O2. The fourth-order valence-corrected chi connectivity index (χ4v) is 3.05. The first kappa shape index (κ1) is 16.0. The summed E-state index contributed by atoms with van der Waals surface area (Å²) in [4.78, 5) is 0. The zero-order chi connectivity index (χ0) is 16.4. The van der Waals surface area contributed by atoms with Crippen LogP contribution in [0.5, 0.6) is 11.5 Å². The van der Waals surface area contributed by atoms with Crippen LogP contribution in [0, 0.1) is 6.92 Å². The molecule has 0 aromatic heterocycles. The highest BCUT2D eigenvalue weighted by atomic mass is 35.5. The zero-order valence-electron chi connectivity index (χ0n) is 12.6. The van der Waals surface area contributed by atoms with E-state index >= 15 is 0 Å². The van der Waals surface area contributed by atoms with Crippen LogP contribution in [0.2, 0.25) is 0 Å². The molecule has 1 aliphatic carbocycles. The monoisotopic (exact) mass is 346 g/mol. The predicted molar refractivity (Wildman–Crippen MR) is 95.2 cm³/mol. The Hall–Kier alpha value is -1.90. The number of alkyl halides is 1. The van der Waals surface area contributed by atoms with Gasteiger partial charge >= 0.3 is 0 Å². The quantitative estimate of drug-likeness (QED) is 0.715. The van der Waals surface area contributed by atoms with Crippen molar-refractivity contribution in [3.63, 3.8) is 0 Å². The molecule has 2 aromatic rings. The first-order valence-corrected chi connectivity index (χ1v) is 8.15. The molecule has 1 atom stereocenters. The van der Waals surface area contributed by atoms with Crippen molar-refractivity contribution in [1.29, 1.82) is 0 Å². The molecule has 1 aliphatic rings. The number of rotatable bonds is 3. The number of benzene rings is 2. The van der Waals surface area contributed by atoms with Gasteiger partial charge in [-0.15, -0.1) is 11.6 Å². The van der Waals surface area contributed by atoms with Gasteiger partial charge < -0.3 is 9.84 Å². The average molecular weight is 347 g/mol. The molecule has 0 heterocycles. The molecule has 4 heteroatoms. The van der Waals surface area contributed by atoms with Crippen LogP contribution in [0.3, 0.4) is 0 Å². The number of phenols is 1. The first-order chi connectivity index (χ1) is 11.0. The van der Waals surface area contributed by atoms with Crippen LogP contribution in [-0.2, 0) is 0 Å². The minimum Gasteiger partial charge on any atom is -0.504 e. The lowest BCUT2D eigenvalue weighted by molar-refractivity contribution is 0.388. The van der Waals surface area contributed by atoms with Crippen molar-refractivity contribution < 1.29 is 9.84 Å². The molecule has 0 saturated carbocycles. The van der Waals surface area contributed by atoms with E-state index in [4.69, 9.17) is 27.9 Å². The van der Waals surface area contributed by atoms with Crippen LogP contribution in [0.4, 0.5) is 0 Å². The van der Waals surface area contributed by atoms with Gasteiger partial charge in [0.2, 0.25) is 0 Å². The zero-order valence-corrected chi connectivity index (χ0v) is 14.1. The lowest BCUT2D eigenvalue weighted by atomic mass is 10.0. The Morgan fingerprint density at radius 1 is 1.17 bits per heavy atom. The van der Waals surface area contributed by atoms with Crippen molar-refractivity contribution in [2.75, 3.05) is 0 Å². The van der Waals surface area contributed by atoms with Gasteiger partial charge in [0.1, 0.15) is 5.76 Å². The van der Waals surface area contributed by atoms with Crippen molar-refractivity contribution in [2.45, 2.75) is 18.7 Å². The van der Waals surface area contributed by atoms with Gasteiger partial charge in [-0.3, -0.25) is 0 Å². The van der Waals surface area contributed by atoms with Gasteiger partial charge in [-0.2, -0.15) is 0 Å². The van der Waals surface area contributed by atoms with Gasteiger partial charge in [0.05, 0.1) is 10.4 Å². The summed E-state index contributed by atoms with van der Waals surface area (Å²) < 4.78 is 5.72. The highest BCUT2D eigenvalue weighted by Crippen LogP contribution is 2.36. The molecule has 118 valence electrons. The van der Waals surface area contributed by atoms with E-state index in [1.54, 1.807) is 18.2 Å². The molecule has 0 bridgehead atoms. The Labute approximate surface area is 145 Å². The fourth-order valence-electron chi connectivity index (χ4n) is 2.50. The van der Waals surface area contributed by atoms with Crippen molar-refractivity contribution in [1.82, 2.24) is 0 Å². The van der Waals surface area contributed by atoms with Crippen LogP contribution < -0.4 is 4.74 Å². The molecule has 1 unspecified atom stereocenters. The van der Waals surface area contributed by atoms with E-state index in [0.717, 1.165) is 16.7 Å². The maximum absolute atomic E-state index is 10.3. The molecule has 0 fully saturated rings. The second kappa shape index (κ2) is 6.69. The minimum atomic E-state index is -0.119. The summed E-state index contributed by atoms with van der Waals surface area (Å²) in [5.74, 6) is 0.958. The lowest BCUT2D eigenvalue weighted by Crippen LogP contribution is -2.05. The smallest absolute Gasteiger partial charge is 0.169 e. The van der Waals surface area contributed by atoms with Crippen molar-refractivity contribution in [2.24, 2.45) is 0 Å². The number of allylic oxidation sites excluding steroid dienone is 3. The maximum Gasteiger partial charge on any atom is 0.169 e. The van der Waals surface area contributed by atoms with E-state index in [9.17, 15) is 5.11 Å². The number of aryl methyl sites for hydroxylation is 1. The summed E-state index contributed by atoms with van der Waals surface area (Å²) in [6, 6.07) is 13.4. The molecule has 1 N–H and O–H groups in total. The van der Waals surface area contributed by atoms with E-state index in [-0.39, 0.29) is 11.1 Å². The largest absolute Gasteiger partial charge is 0.504 e. The van der Waals surface area contributed by atoms with Crippen LogP contribution in [-0.4, -0.2) is 10.5 Å². The van der Waals surface area contributed by atoms with Crippen molar-refractivity contribution >= 4 is 23.2 Å².